The lowest BCUT2D eigenvalue weighted by Gasteiger charge is -2.26. The number of anilines is 1. The maximum Gasteiger partial charge on any atom is 0.260 e. The molecular weight excluding hydrogens is 466 g/mol. The lowest BCUT2D eigenvalue weighted by Crippen LogP contribution is -2.38. The highest BCUT2D eigenvalue weighted by Crippen LogP contribution is 2.30. The van der Waals surface area contributed by atoms with Crippen LogP contribution in [-0.2, 0) is 11.8 Å². The lowest BCUT2D eigenvalue weighted by molar-refractivity contribution is -0.134. The topological polar surface area (TPSA) is 98.6 Å². The van der Waals surface area contributed by atoms with Crippen LogP contribution in [0, 0.1) is 0 Å². The Morgan fingerprint density at radius 2 is 1.80 bits per heavy atom. The van der Waals surface area contributed by atoms with E-state index in [9.17, 15) is 9.59 Å². The van der Waals surface area contributed by atoms with Crippen molar-refractivity contribution in [2.45, 2.75) is 36.2 Å². The maximum atomic E-state index is 12.8. The van der Waals surface area contributed by atoms with Gasteiger partial charge in [-0.05, 0) is 80.4 Å². The number of likely N-dealkylation sites (tertiary alicyclic amines) is 1. The highest BCUT2D eigenvalue weighted by molar-refractivity contribution is 7.99. The number of piperidine rings is 1. The second-order valence-corrected chi connectivity index (χ2v) is 9.17. The molecule has 0 bridgehead atoms. The molecular formula is C25H29N5O4S. The van der Waals surface area contributed by atoms with Crippen LogP contribution in [0.25, 0.3) is 0 Å². The minimum atomic E-state index is -0.268. The van der Waals surface area contributed by atoms with Crippen LogP contribution in [0.2, 0.25) is 0 Å². The number of nitrogens with zero attached hydrogens (tertiary/aromatic N) is 4. The number of amides is 2. The molecule has 1 aromatic heterocycles. The molecule has 9 nitrogen and oxygen atoms in total. The Kier molecular flexibility index (Phi) is 8.25. The van der Waals surface area contributed by atoms with E-state index in [-0.39, 0.29) is 18.4 Å². The largest absolute Gasteiger partial charge is 0.490 e. The van der Waals surface area contributed by atoms with Crippen LogP contribution in [0.15, 0.2) is 58.8 Å². The normalized spacial score (nSPS) is 13.4. The van der Waals surface area contributed by atoms with Gasteiger partial charge in [0.1, 0.15) is 6.33 Å². The Bertz CT molecular complexity index is 1160. The number of aryl methyl sites for hydroxylation is 1. The van der Waals surface area contributed by atoms with Gasteiger partial charge in [0.15, 0.2) is 23.3 Å². The summed E-state index contributed by atoms with van der Waals surface area (Å²) in [6, 6.07) is 12.5. The van der Waals surface area contributed by atoms with Gasteiger partial charge in [-0.15, -0.1) is 10.2 Å². The smallest absolute Gasteiger partial charge is 0.260 e. The Hall–Kier alpha value is -3.53. The van der Waals surface area contributed by atoms with Crippen LogP contribution >= 0.6 is 11.8 Å². The summed E-state index contributed by atoms with van der Waals surface area (Å²) in [5.74, 6) is 0.575. The Labute approximate surface area is 208 Å². The summed E-state index contributed by atoms with van der Waals surface area (Å²) < 4.78 is 13.3. The van der Waals surface area contributed by atoms with Crippen molar-refractivity contribution in [2.75, 3.05) is 31.6 Å². The predicted molar refractivity (Wildman–Crippen MR) is 133 cm³/mol. The van der Waals surface area contributed by atoms with Crippen molar-refractivity contribution >= 4 is 29.3 Å². The van der Waals surface area contributed by atoms with E-state index < -0.39 is 0 Å². The molecule has 0 unspecified atom stereocenters. The van der Waals surface area contributed by atoms with Crippen LogP contribution in [-0.4, -0.2) is 57.8 Å². The Morgan fingerprint density at radius 3 is 2.49 bits per heavy atom. The van der Waals surface area contributed by atoms with Crippen LogP contribution in [0.3, 0.4) is 0 Å². The van der Waals surface area contributed by atoms with Gasteiger partial charge in [-0.3, -0.25) is 9.59 Å². The van der Waals surface area contributed by atoms with E-state index in [1.165, 1.54) is 11.8 Å². The standard InChI is InChI=1S/C25H29N5O4S/c1-3-33-22-15-18(7-12-21(22)34-16-23(31)30-13-5-4-6-14-30)24(32)27-19-8-10-20(11-9-19)35-25-28-26-17-29(25)2/h7-12,15,17H,3-6,13-14,16H2,1-2H3,(H,27,32). The molecule has 0 radical (unpaired) electrons. The number of carbonyl (C=O) groups excluding carboxylic acids is 2. The molecule has 0 saturated carbocycles. The molecule has 2 amide bonds. The molecule has 4 rings (SSSR count). The lowest BCUT2D eigenvalue weighted by atomic mass is 10.1. The molecule has 1 N–H and O–H groups in total. The first-order chi connectivity index (χ1) is 17.0. The molecule has 0 aliphatic carbocycles. The summed E-state index contributed by atoms with van der Waals surface area (Å²) >= 11 is 1.49. The molecule has 3 aromatic rings. The van der Waals surface area contributed by atoms with Crippen LogP contribution in [0.4, 0.5) is 5.69 Å². The number of rotatable bonds is 9. The number of hydrogen-bond donors (Lipinski definition) is 1. The van der Waals surface area contributed by atoms with Crippen molar-refractivity contribution in [1.82, 2.24) is 19.7 Å². The fraction of sp³-hybridized carbons (Fsp3) is 0.360. The quantitative estimate of drug-likeness (QED) is 0.479. The van der Waals surface area contributed by atoms with Crippen molar-refractivity contribution in [3.63, 3.8) is 0 Å². The van der Waals surface area contributed by atoms with E-state index >= 15 is 0 Å². The van der Waals surface area contributed by atoms with Gasteiger partial charge in [-0.2, -0.15) is 0 Å². The van der Waals surface area contributed by atoms with Gasteiger partial charge < -0.3 is 24.3 Å². The third-order valence-electron chi connectivity index (χ3n) is 5.56. The van der Waals surface area contributed by atoms with E-state index in [2.05, 4.69) is 15.5 Å². The van der Waals surface area contributed by atoms with Crippen LogP contribution in [0.5, 0.6) is 11.5 Å². The minimum Gasteiger partial charge on any atom is -0.490 e. The summed E-state index contributed by atoms with van der Waals surface area (Å²) in [4.78, 5) is 28.1. The second-order valence-electron chi connectivity index (χ2n) is 8.13. The number of hydrogen-bond acceptors (Lipinski definition) is 7. The summed E-state index contributed by atoms with van der Waals surface area (Å²) in [6.45, 7) is 3.77. The highest BCUT2D eigenvalue weighted by Gasteiger charge is 2.18. The maximum absolute atomic E-state index is 12.8. The average Bonchev–Trinajstić information content (AvgIpc) is 3.29. The van der Waals surface area contributed by atoms with Crippen molar-refractivity contribution in [1.29, 1.82) is 0 Å². The molecule has 2 aromatic carbocycles. The summed E-state index contributed by atoms with van der Waals surface area (Å²) in [5.41, 5.74) is 1.10. The van der Waals surface area contributed by atoms with E-state index in [0.29, 0.717) is 29.4 Å². The number of carbonyl (C=O) groups is 2. The van der Waals surface area contributed by atoms with Gasteiger partial charge in [0.2, 0.25) is 0 Å². The molecule has 2 heterocycles. The van der Waals surface area contributed by atoms with Gasteiger partial charge in [0, 0.05) is 36.3 Å². The first-order valence-electron chi connectivity index (χ1n) is 11.6. The molecule has 184 valence electrons. The molecule has 1 aliphatic rings. The van der Waals surface area contributed by atoms with Crippen molar-refractivity contribution in [3.8, 4) is 11.5 Å². The highest BCUT2D eigenvalue weighted by atomic mass is 32.2. The SMILES string of the molecule is CCOc1cc(C(=O)Nc2ccc(Sc3nncn3C)cc2)ccc1OCC(=O)N1CCCCC1. The molecule has 1 aliphatic heterocycles. The third-order valence-corrected chi connectivity index (χ3v) is 6.62. The first-order valence-corrected chi connectivity index (χ1v) is 12.5. The Balaban J connectivity index is 1.37. The average molecular weight is 496 g/mol. The van der Waals surface area contributed by atoms with E-state index in [1.54, 1.807) is 24.5 Å². The van der Waals surface area contributed by atoms with Gasteiger partial charge in [-0.25, -0.2) is 0 Å². The zero-order chi connectivity index (χ0) is 24.6. The minimum absolute atomic E-state index is 0.0326. The molecule has 10 heteroatoms. The fourth-order valence-corrected chi connectivity index (χ4v) is 4.45. The van der Waals surface area contributed by atoms with E-state index in [0.717, 1.165) is 42.4 Å². The number of ether oxygens (including phenoxy) is 2. The van der Waals surface area contributed by atoms with Gasteiger partial charge in [0.25, 0.3) is 11.8 Å². The third kappa shape index (κ3) is 6.54. The predicted octanol–water partition coefficient (Wildman–Crippen LogP) is 4.01. The Morgan fingerprint density at radius 1 is 1.03 bits per heavy atom. The van der Waals surface area contributed by atoms with Crippen molar-refractivity contribution in [2.24, 2.45) is 7.05 Å². The number of aromatic nitrogens is 3. The van der Waals surface area contributed by atoms with Gasteiger partial charge >= 0.3 is 0 Å². The van der Waals surface area contributed by atoms with Gasteiger partial charge in [0.05, 0.1) is 6.61 Å². The van der Waals surface area contributed by atoms with E-state index in [1.807, 2.05) is 47.7 Å². The van der Waals surface area contributed by atoms with Crippen molar-refractivity contribution in [3.05, 3.63) is 54.4 Å². The van der Waals surface area contributed by atoms with Crippen molar-refractivity contribution < 1.29 is 19.1 Å². The zero-order valence-electron chi connectivity index (χ0n) is 19.9. The molecule has 35 heavy (non-hydrogen) atoms. The number of nitrogens with one attached hydrogen (secondary N) is 1. The summed E-state index contributed by atoms with van der Waals surface area (Å²) in [7, 11) is 1.89. The summed E-state index contributed by atoms with van der Waals surface area (Å²) in [5, 5.41) is 11.6. The van der Waals surface area contributed by atoms with Crippen LogP contribution < -0.4 is 14.8 Å². The fourth-order valence-electron chi connectivity index (χ4n) is 3.69. The second kappa shape index (κ2) is 11.7. The number of benzene rings is 2. The van der Waals surface area contributed by atoms with Crippen LogP contribution in [0.1, 0.15) is 36.5 Å². The van der Waals surface area contributed by atoms with E-state index in [4.69, 9.17) is 9.47 Å². The molecule has 1 saturated heterocycles. The monoisotopic (exact) mass is 495 g/mol. The first kappa shape index (κ1) is 24.6. The summed E-state index contributed by atoms with van der Waals surface area (Å²) in [6.07, 6.45) is 4.87. The zero-order valence-corrected chi connectivity index (χ0v) is 20.7. The molecule has 1 fully saturated rings. The molecule has 0 spiro atoms. The van der Waals surface area contributed by atoms with Gasteiger partial charge in [-0.1, -0.05) is 0 Å². The molecule has 0 atom stereocenters.